The average Bonchev–Trinajstić information content (AvgIpc) is 3.19. The topological polar surface area (TPSA) is 89.2 Å². The van der Waals surface area contributed by atoms with Crippen molar-refractivity contribution in [1.82, 2.24) is 9.97 Å². The number of sulfonamides is 1. The van der Waals surface area contributed by atoms with Gasteiger partial charge in [0, 0.05) is 11.9 Å². The van der Waals surface area contributed by atoms with E-state index in [2.05, 4.69) is 16.8 Å². The summed E-state index contributed by atoms with van der Waals surface area (Å²) in [6.45, 7) is 4.01. The van der Waals surface area contributed by atoms with Gasteiger partial charge in [-0.25, -0.2) is 23.5 Å². The van der Waals surface area contributed by atoms with Crippen LogP contribution in [0, 0.1) is 6.92 Å². The molecule has 0 aliphatic heterocycles. The number of anilines is 1. The van der Waals surface area contributed by atoms with Crippen molar-refractivity contribution in [2.45, 2.75) is 44.0 Å². The summed E-state index contributed by atoms with van der Waals surface area (Å²) >= 11 is 1.79. The quantitative estimate of drug-likeness (QED) is 0.723. The average molecular weight is 403 g/mol. The van der Waals surface area contributed by atoms with Crippen molar-refractivity contribution in [3.63, 3.8) is 0 Å². The third-order valence-electron chi connectivity index (χ3n) is 5.26. The molecule has 1 aliphatic rings. The number of hydrogen-bond acceptors (Lipinski definition) is 6. The molecular formula is C19H22N4O2S2. The van der Waals surface area contributed by atoms with Crippen LogP contribution < -0.4 is 10.0 Å². The summed E-state index contributed by atoms with van der Waals surface area (Å²) in [5, 5.41) is 6.37. The van der Waals surface area contributed by atoms with E-state index in [1.165, 1.54) is 22.2 Å². The maximum absolute atomic E-state index is 11.5. The normalized spacial score (nSPS) is 15.1. The van der Waals surface area contributed by atoms with Crippen molar-refractivity contribution < 1.29 is 8.42 Å². The number of aromatic nitrogens is 2. The van der Waals surface area contributed by atoms with Crippen molar-refractivity contribution in [1.29, 1.82) is 0 Å². The summed E-state index contributed by atoms with van der Waals surface area (Å²) in [4.78, 5) is 14.2. The number of fused-ring (bicyclic) bond motifs is 3. The third-order valence-corrected chi connectivity index (χ3v) is 7.38. The van der Waals surface area contributed by atoms with Crippen LogP contribution in [-0.2, 0) is 22.9 Å². The highest BCUT2D eigenvalue weighted by atomic mass is 32.2. The van der Waals surface area contributed by atoms with Crippen LogP contribution in [0.3, 0.4) is 0 Å². The Bertz CT molecular complexity index is 1120. The summed E-state index contributed by atoms with van der Waals surface area (Å²) in [7, 11) is -1.66. The molecule has 1 unspecified atom stereocenters. The lowest BCUT2D eigenvalue weighted by Gasteiger charge is -2.27. The molecule has 0 amide bonds. The van der Waals surface area contributed by atoms with E-state index in [0.717, 1.165) is 34.9 Å². The van der Waals surface area contributed by atoms with E-state index >= 15 is 0 Å². The van der Waals surface area contributed by atoms with E-state index in [9.17, 15) is 8.42 Å². The minimum Gasteiger partial charge on any atom is -0.352 e. The lowest BCUT2D eigenvalue weighted by molar-refractivity contribution is 0.597. The maximum atomic E-state index is 11.5. The molecule has 2 heterocycles. The number of nitrogens with two attached hydrogens (primary N) is 1. The van der Waals surface area contributed by atoms with Gasteiger partial charge < -0.3 is 4.90 Å². The van der Waals surface area contributed by atoms with E-state index < -0.39 is 10.0 Å². The molecule has 0 bridgehead atoms. The molecule has 1 aromatic carbocycles. The Morgan fingerprint density at radius 1 is 1.19 bits per heavy atom. The monoisotopic (exact) mass is 402 g/mol. The molecule has 4 rings (SSSR count). The van der Waals surface area contributed by atoms with Gasteiger partial charge in [-0.05, 0) is 56.4 Å². The molecule has 142 valence electrons. The molecule has 3 aromatic rings. The first-order valence-corrected chi connectivity index (χ1v) is 11.3. The highest BCUT2D eigenvalue weighted by molar-refractivity contribution is 7.89. The van der Waals surface area contributed by atoms with Gasteiger partial charge in [0.25, 0.3) is 0 Å². The van der Waals surface area contributed by atoms with Crippen LogP contribution in [0.1, 0.15) is 41.2 Å². The second-order valence-corrected chi connectivity index (χ2v) is 9.68. The van der Waals surface area contributed by atoms with Gasteiger partial charge in [-0.1, -0.05) is 12.1 Å². The predicted octanol–water partition coefficient (Wildman–Crippen LogP) is 3.33. The first-order chi connectivity index (χ1) is 12.8. The Kier molecular flexibility index (Phi) is 4.44. The van der Waals surface area contributed by atoms with Gasteiger partial charge in [-0.15, -0.1) is 11.3 Å². The number of nitrogens with zero attached hydrogens (tertiary/aromatic N) is 3. The van der Waals surface area contributed by atoms with Crippen LogP contribution in [0.15, 0.2) is 29.2 Å². The molecule has 1 atom stereocenters. The molecule has 0 saturated carbocycles. The van der Waals surface area contributed by atoms with Gasteiger partial charge in [-0.2, -0.15) is 0 Å². The van der Waals surface area contributed by atoms with Crippen molar-refractivity contribution in [3.05, 3.63) is 46.1 Å². The SMILES string of the molecule is Cc1nc(N(C)C(C)c2ccc(S(N)(=O)=O)cc2)c2c3c(sc2n1)CCC3. The first kappa shape index (κ1) is 18.3. The number of benzene rings is 1. The highest BCUT2D eigenvalue weighted by Gasteiger charge is 2.25. The minimum atomic E-state index is -3.68. The number of hydrogen-bond donors (Lipinski definition) is 1. The Morgan fingerprint density at radius 3 is 2.56 bits per heavy atom. The fourth-order valence-electron chi connectivity index (χ4n) is 3.68. The lowest BCUT2D eigenvalue weighted by atomic mass is 10.1. The summed E-state index contributed by atoms with van der Waals surface area (Å²) < 4.78 is 23.0. The van der Waals surface area contributed by atoms with Crippen LogP contribution in [0.4, 0.5) is 5.82 Å². The maximum Gasteiger partial charge on any atom is 0.238 e. The number of primary sulfonamides is 1. The van der Waals surface area contributed by atoms with E-state index in [4.69, 9.17) is 10.1 Å². The summed E-state index contributed by atoms with van der Waals surface area (Å²) in [6.07, 6.45) is 3.40. The number of aryl methyl sites for hydroxylation is 3. The van der Waals surface area contributed by atoms with Crippen LogP contribution >= 0.6 is 11.3 Å². The van der Waals surface area contributed by atoms with E-state index in [0.29, 0.717) is 0 Å². The fraction of sp³-hybridized carbons (Fsp3) is 0.368. The molecule has 27 heavy (non-hydrogen) atoms. The Balaban J connectivity index is 1.75. The molecule has 2 N–H and O–H groups in total. The molecule has 1 aliphatic carbocycles. The third kappa shape index (κ3) is 3.22. The molecule has 8 heteroatoms. The zero-order valence-corrected chi connectivity index (χ0v) is 17.2. The summed E-state index contributed by atoms with van der Waals surface area (Å²) in [5.74, 6) is 1.71. The van der Waals surface area contributed by atoms with E-state index in [1.807, 2.05) is 26.1 Å². The second-order valence-electron chi connectivity index (χ2n) is 7.03. The number of thiophene rings is 1. The largest absolute Gasteiger partial charge is 0.352 e. The molecule has 2 aromatic heterocycles. The first-order valence-electron chi connectivity index (χ1n) is 8.90. The van der Waals surface area contributed by atoms with Crippen LogP contribution in [0.25, 0.3) is 10.2 Å². The van der Waals surface area contributed by atoms with Crippen molar-refractivity contribution in [2.75, 3.05) is 11.9 Å². The highest BCUT2D eigenvalue weighted by Crippen LogP contribution is 2.41. The summed E-state index contributed by atoms with van der Waals surface area (Å²) in [5.41, 5.74) is 2.40. The lowest BCUT2D eigenvalue weighted by Crippen LogP contribution is -2.23. The van der Waals surface area contributed by atoms with E-state index in [1.54, 1.807) is 23.5 Å². The smallest absolute Gasteiger partial charge is 0.238 e. The molecule has 0 saturated heterocycles. The molecular weight excluding hydrogens is 380 g/mol. The summed E-state index contributed by atoms with van der Waals surface area (Å²) in [6, 6.07) is 6.75. The van der Waals surface area contributed by atoms with Crippen LogP contribution in [0.2, 0.25) is 0 Å². The zero-order valence-electron chi connectivity index (χ0n) is 15.6. The Morgan fingerprint density at radius 2 is 1.89 bits per heavy atom. The van der Waals surface area contributed by atoms with Crippen molar-refractivity contribution >= 4 is 37.4 Å². The van der Waals surface area contributed by atoms with Crippen molar-refractivity contribution in [3.8, 4) is 0 Å². The molecule has 0 spiro atoms. The fourth-order valence-corrected chi connectivity index (χ4v) is 5.50. The molecule has 0 radical (unpaired) electrons. The number of rotatable bonds is 4. The second kappa shape index (κ2) is 6.54. The van der Waals surface area contributed by atoms with Gasteiger partial charge >= 0.3 is 0 Å². The Hall–Kier alpha value is -2.03. The van der Waals surface area contributed by atoms with Gasteiger partial charge in [-0.3, -0.25) is 0 Å². The van der Waals surface area contributed by atoms with Gasteiger partial charge in [0.2, 0.25) is 10.0 Å². The Labute approximate surface area is 163 Å². The van der Waals surface area contributed by atoms with E-state index in [-0.39, 0.29) is 10.9 Å². The van der Waals surface area contributed by atoms with Gasteiger partial charge in [0.1, 0.15) is 16.5 Å². The van der Waals surface area contributed by atoms with Gasteiger partial charge in [0.05, 0.1) is 16.3 Å². The predicted molar refractivity (Wildman–Crippen MR) is 109 cm³/mol. The molecule has 0 fully saturated rings. The van der Waals surface area contributed by atoms with Crippen LogP contribution in [0.5, 0.6) is 0 Å². The van der Waals surface area contributed by atoms with Gasteiger partial charge in [0.15, 0.2) is 0 Å². The minimum absolute atomic E-state index is 0.0222. The van der Waals surface area contributed by atoms with Crippen LogP contribution in [-0.4, -0.2) is 25.4 Å². The van der Waals surface area contributed by atoms with Crippen molar-refractivity contribution in [2.24, 2.45) is 5.14 Å². The standard InChI is InChI=1S/C19H22N4O2S2/c1-11(13-7-9-14(10-8-13)27(20,24)25)23(3)18-17-15-5-4-6-16(15)26-19(17)22-12(2)21-18/h7-11H,4-6H2,1-3H3,(H2,20,24,25). The zero-order chi connectivity index (χ0) is 19.3. The molecule has 6 nitrogen and oxygen atoms in total.